The minimum absolute atomic E-state index is 0.203. The van der Waals surface area contributed by atoms with Crippen molar-refractivity contribution in [2.75, 3.05) is 19.5 Å². The number of aromatic nitrogens is 3. The van der Waals surface area contributed by atoms with E-state index in [0.29, 0.717) is 18.4 Å². The number of hydrogen-bond donors (Lipinski definition) is 0. The zero-order valence-electron chi connectivity index (χ0n) is 20.4. The maximum atomic E-state index is 6.21. The fourth-order valence-corrected chi connectivity index (χ4v) is 4.17. The minimum atomic E-state index is -0.203. The van der Waals surface area contributed by atoms with E-state index in [9.17, 15) is 0 Å². The zero-order valence-corrected chi connectivity index (χ0v) is 21.3. The van der Waals surface area contributed by atoms with Crippen molar-refractivity contribution in [3.63, 3.8) is 0 Å². The van der Waals surface area contributed by atoms with Gasteiger partial charge in [-0.15, -0.1) is 10.2 Å². The van der Waals surface area contributed by atoms with Crippen LogP contribution in [-0.2, 0) is 6.54 Å². The summed E-state index contributed by atoms with van der Waals surface area (Å²) in [6.07, 6.45) is -0.203. The lowest BCUT2D eigenvalue weighted by atomic mass is 10.0. The molecule has 0 fully saturated rings. The summed E-state index contributed by atoms with van der Waals surface area (Å²) in [7, 11) is 1.66. The van der Waals surface area contributed by atoms with Crippen molar-refractivity contribution < 1.29 is 14.2 Å². The Morgan fingerprint density at radius 3 is 2.09 bits per heavy atom. The van der Waals surface area contributed by atoms with E-state index in [1.807, 2.05) is 43.3 Å². The van der Waals surface area contributed by atoms with Crippen LogP contribution in [0.25, 0.3) is 0 Å². The summed E-state index contributed by atoms with van der Waals surface area (Å²) in [6, 6.07) is 15.9. The van der Waals surface area contributed by atoms with Gasteiger partial charge in [0.05, 0.1) is 13.7 Å². The molecule has 1 aromatic heterocycles. The van der Waals surface area contributed by atoms with Gasteiger partial charge in [-0.3, -0.25) is 0 Å². The number of rotatable bonds is 12. The van der Waals surface area contributed by atoms with Gasteiger partial charge in [0.25, 0.3) is 0 Å². The van der Waals surface area contributed by atoms with Crippen LogP contribution in [0.2, 0.25) is 0 Å². The zero-order chi connectivity index (χ0) is 23.8. The van der Waals surface area contributed by atoms with Gasteiger partial charge in [0.1, 0.15) is 17.2 Å². The Kier molecular flexibility index (Phi) is 9.06. The molecule has 0 radical (unpaired) electrons. The fraction of sp³-hybridized carbons (Fsp3) is 0.462. The van der Waals surface area contributed by atoms with Crippen molar-refractivity contribution >= 4 is 11.8 Å². The maximum absolute atomic E-state index is 6.21. The molecule has 2 aromatic carbocycles. The highest BCUT2D eigenvalue weighted by Gasteiger charge is 2.20. The second-order valence-electron chi connectivity index (χ2n) is 8.70. The van der Waals surface area contributed by atoms with Crippen LogP contribution in [0, 0.1) is 5.92 Å². The van der Waals surface area contributed by atoms with Gasteiger partial charge in [0.15, 0.2) is 17.1 Å². The molecule has 0 saturated carbocycles. The van der Waals surface area contributed by atoms with Gasteiger partial charge in [-0.25, -0.2) is 0 Å². The molecule has 178 valence electrons. The van der Waals surface area contributed by atoms with Gasteiger partial charge in [-0.05, 0) is 60.7 Å². The second-order valence-corrected chi connectivity index (χ2v) is 9.76. The third kappa shape index (κ3) is 7.16. The van der Waals surface area contributed by atoms with Gasteiger partial charge in [0.2, 0.25) is 0 Å². The van der Waals surface area contributed by atoms with E-state index in [-0.39, 0.29) is 6.10 Å². The molecule has 3 aromatic rings. The first-order valence-electron chi connectivity index (χ1n) is 11.5. The smallest absolute Gasteiger partial charge is 0.191 e. The first-order chi connectivity index (χ1) is 15.9. The molecule has 0 aliphatic carbocycles. The number of nitrogens with zero attached hydrogens (tertiary/aromatic N) is 3. The number of hydrogen-bond acceptors (Lipinski definition) is 6. The minimum Gasteiger partial charge on any atom is -0.497 e. The molecular weight excluding hydrogens is 434 g/mol. The van der Waals surface area contributed by atoms with Crippen molar-refractivity contribution in [2.45, 2.75) is 58.3 Å². The Morgan fingerprint density at radius 1 is 0.848 bits per heavy atom. The summed E-state index contributed by atoms with van der Waals surface area (Å²) in [5.74, 6) is 5.06. The van der Waals surface area contributed by atoms with Crippen molar-refractivity contribution in [1.82, 2.24) is 14.8 Å². The molecule has 6 nitrogen and oxygen atoms in total. The van der Waals surface area contributed by atoms with Crippen LogP contribution in [-0.4, -0.2) is 34.2 Å². The Morgan fingerprint density at radius 2 is 1.48 bits per heavy atom. The Labute approximate surface area is 201 Å². The van der Waals surface area contributed by atoms with E-state index < -0.39 is 0 Å². The van der Waals surface area contributed by atoms with E-state index in [0.717, 1.165) is 40.5 Å². The van der Waals surface area contributed by atoms with E-state index in [1.165, 1.54) is 5.56 Å². The fourth-order valence-electron chi connectivity index (χ4n) is 3.40. The first-order valence-corrected chi connectivity index (χ1v) is 12.4. The molecule has 0 spiro atoms. The van der Waals surface area contributed by atoms with Crippen LogP contribution < -0.4 is 14.2 Å². The molecular formula is C26H35N3O3S. The molecule has 0 amide bonds. The van der Waals surface area contributed by atoms with E-state index in [4.69, 9.17) is 14.2 Å². The van der Waals surface area contributed by atoms with Gasteiger partial charge in [-0.2, -0.15) is 0 Å². The number of thioether (sulfide) groups is 1. The number of methoxy groups -OCH3 is 1. The summed E-state index contributed by atoms with van der Waals surface area (Å²) < 4.78 is 19.4. The van der Waals surface area contributed by atoms with Crippen LogP contribution >= 0.6 is 11.8 Å². The highest BCUT2D eigenvalue weighted by atomic mass is 32.2. The third-order valence-electron chi connectivity index (χ3n) is 5.16. The molecule has 1 unspecified atom stereocenters. The normalized spacial score (nSPS) is 12.2. The SMILES string of the molecule is COc1ccc(OCCSc2nnc(C(C)Oc3ccc(C(C)C)cc3)n2CC(C)C)cc1. The Bertz CT molecular complexity index is 985. The molecule has 33 heavy (non-hydrogen) atoms. The Hall–Kier alpha value is -2.67. The summed E-state index contributed by atoms with van der Waals surface area (Å²) in [5.41, 5.74) is 1.30. The highest BCUT2D eigenvalue weighted by molar-refractivity contribution is 7.99. The molecule has 1 atom stereocenters. The van der Waals surface area contributed by atoms with Crippen LogP contribution in [0.3, 0.4) is 0 Å². The van der Waals surface area contributed by atoms with Crippen LogP contribution in [0.4, 0.5) is 0 Å². The quantitative estimate of drug-likeness (QED) is 0.227. The lowest BCUT2D eigenvalue weighted by Gasteiger charge is -2.18. The van der Waals surface area contributed by atoms with Gasteiger partial charge in [0, 0.05) is 12.3 Å². The lowest BCUT2D eigenvalue weighted by Crippen LogP contribution is -2.15. The second kappa shape index (κ2) is 12.0. The van der Waals surface area contributed by atoms with Gasteiger partial charge < -0.3 is 18.8 Å². The summed E-state index contributed by atoms with van der Waals surface area (Å²) in [4.78, 5) is 0. The molecule has 7 heteroatoms. The lowest BCUT2D eigenvalue weighted by molar-refractivity contribution is 0.207. The molecule has 0 bridgehead atoms. The average molecular weight is 470 g/mol. The molecule has 0 N–H and O–H groups in total. The number of benzene rings is 2. The van der Waals surface area contributed by atoms with Crippen molar-refractivity contribution in [3.05, 3.63) is 59.9 Å². The number of ether oxygens (including phenoxy) is 3. The summed E-state index contributed by atoms with van der Waals surface area (Å²) in [6.45, 7) is 12.2. The van der Waals surface area contributed by atoms with E-state index >= 15 is 0 Å². The van der Waals surface area contributed by atoms with E-state index in [2.05, 4.69) is 54.6 Å². The molecule has 1 heterocycles. The van der Waals surface area contributed by atoms with Crippen molar-refractivity contribution in [2.24, 2.45) is 5.92 Å². The van der Waals surface area contributed by atoms with Gasteiger partial charge >= 0.3 is 0 Å². The van der Waals surface area contributed by atoms with Crippen LogP contribution in [0.5, 0.6) is 17.2 Å². The van der Waals surface area contributed by atoms with E-state index in [1.54, 1.807) is 18.9 Å². The average Bonchev–Trinajstić information content (AvgIpc) is 3.19. The first kappa shape index (κ1) is 25.0. The summed E-state index contributed by atoms with van der Waals surface area (Å²) >= 11 is 1.65. The third-order valence-corrected chi connectivity index (χ3v) is 6.09. The van der Waals surface area contributed by atoms with Gasteiger partial charge in [-0.1, -0.05) is 51.6 Å². The Balaban J connectivity index is 1.62. The molecule has 3 rings (SSSR count). The summed E-state index contributed by atoms with van der Waals surface area (Å²) in [5, 5.41) is 9.83. The predicted molar refractivity (Wildman–Crippen MR) is 134 cm³/mol. The monoisotopic (exact) mass is 469 g/mol. The van der Waals surface area contributed by atoms with Crippen molar-refractivity contribution in [3.8, 4) is 17.2 Å². The predicted octanol–water partition coefficient (Wildman–Crippen LogP) is 6.38. The highest BCUT2D eigenvalue weighted by Crippen LogP contribution is 2.27. The van der Waals surface area contributed by atoms with Crippen LogP contribution in [0.1, 0.15) is 58.0 Å². The van der Waals surface area contributed by atoms with Crippen molar-refractivity contribution in [1.29, 1.82) is 0 Å². The maximum Gasteiger partial charge on any atom is 0.191 e. The topological polar surface area (TPSA) is 58.4 Å². The van der Waals surface area contributed by atoms with Crippen LogP contribution in [0.15, 0.2) is 53.7 Å². The standard InChI is InChI=1S/C26H35N3O3S/c1-18(2)17-29-25(20(5)32-24-9-7-21(8-10-24)19(3)4)27-28-26(29)33-16-15-31-23-13-11-22(30-6)12-14-23/h7-14,18-20H,15-17H2,1-6H3. The molecule has 0 aliphatic heterocycles. The molecule has 0 aliphatic rings. The largest absolute Gasteiger partial charge is 0.497 e. The molecule has 0 saturated heterocycles.